The second kappa shape index (κ2) is 8.85. The minimum atomic E-state index is -7.69. The van der Waals surface area contributed by atoms with Crippen molar-refractivity contribution in [3.8, 4) is 0 Å². The van der Waals surface area contributed by atoms with E-state index < -0.39 is 71.4 Å². The van der Waals surface area contributed by atoms with Gasteiger partial charge in [-0.1, -0.05) is 0 Å². The molecule has 0 heterocycles. The van der Waals surface area contributed by atoms with Gasteiger partial charge >= 0.3 is 42.0 Å². The molecule has 0 saturated carbocycles. The predicted molar refractivity (Wildman–Crippen MR) is 70.9 cm³/mol. The lowest BCUT2D eigenvalue weighted by Gasteiger charge is -2.38. The van der Waals surface area contributed by atoms with Crippen LogP contribution in [0.4, 0.5) is 52.7 Å². The number of halogens is 12. The van der Waals surface area contributed by atoms with E-state index in [0.717, 1.165) is 14.0 Å². The molecule has 0 aliphatic heterocycles. The maximum Gasteiger partial charge on any atom is 0.384 e. The molecule has 0 aliphatic rings. The van der Waals surface area contributed by atoms with Gasteiger partial charge in [-0.15, -0.1) is 0 Å². The van der Waals surface area contributed by atoms with Gasteiger partial charge in [0.25, 0.3) is 0 Å². The number of hydrogen-bond donors (Lipinski definition) is 0. The van der Waals surface area contributed by atoms with E-state index in [0.29, 0.717) is 0 Å². The molecule has 2 atom stereocenters. The molecule has 0 N–H and O–H groups in total. The maximum atomic E-state index is 13.4. The highest BCUT2D eigenvalue weighted by Gasteiger charge is 2.87. The van der Waals surface area contributed by atoms with E-state index in [9.17, 15) is 61.7 Å². The van der Waals surface area contributed by atoms with Crippen LogP contribution >= 0.6 is 0 Å². The highest BCUT2D eigenvalue weighted by Crippen LogP contribution is 2.58. The number of ether oxygens (including phenoxy) is 1. The number of carbonyl (C=O) groups excluding carboxylic acids is 1. The molecule has 17 heteroatoms. The highest BCUT2D eigenvalue weighted by atomic mass is 32.2. The molecule has 4 nitrogen and oxygen atoms in total. The molecule has 0 saturated heterocycles. The topological polar surface area (TPSA) is 52.6 Å². The summed E-state index contributed by atoms with van der Waals surface area (Å²) in [6.07, 6.45) is -6.65. The Balaban J connectivity index is 5.58. The van der Waals surface area contributed by atoms with Crippen molar-refractivity contribution in [2.45, 2.75) is 54.6 Å². The normalized spacial score (nSPS) is 16.7. The number of hydrogen-bond acceptors (Lipinski definition) is 4. The quantitative estimate of drug-likeness (QED) is 0.331. The van der Waals surface area contributed by atoms with Gasteiger partial charge in [0.1, 0.15) is 0 Å². The number of rotatable bonds is 11. The predicted octanol–water partition coefficient (Wildman–Crippen LogP) is 4.06. The minimum absolute atomic E-state index is 0.893. The van der Waals surface area contributed by atoms with E-state index in [2.05, 4.69) is 8.92 Å². The van der Waals surface area contributed by atoms with Crippen molar-refractivity contribution in [2.24, 2.45) is 0 Å². The van der Waals surface area contributed by atoms with Gasteiger partial charge in [0, 0.05) is 0 Å². The summed E-state index contributed by atoms with van der Waals surface area (Å²) in [5.74, 6) is -38.0. The van der Waals surface area contributed by atoms with Gasteiger partial charge in [-0.25, -0.2) is 13.0 Å². The van der Waals surface area contributed by atoms with Gasteiger partial charge < -0.3 is 4.74 Å². The second-order valence-electron chi connectivity index (χ2n) is 5.45. The number of esters is 1. The molecule has 0 aliphatic carbocycles. The number of carbonyl (C=O) groups is 1. The first-order valence-electron chi connectivity index (χ1n) is 6.98. The molecule has 0 fully saturated rings. The molecular weight excluding hydrogens is 468 g/mol. The van der Waals surface area contributed by atoms with Crippen molar-refractivity contribution in [1.82, 2.24) is 0 Å². The molecule has 0 aromatic rings. The first-order valence-corrected chi connectivity index (χ1v) is 8.12. The fourth-order valence-electron chi connectivity index (χ4n) is 1.56. The van der Waals surface area contributed by atoms with Crippen LogP contribution in [0.25, 0.3) is 0 Å². The van der Waals surface area contributed by atoms with Gasteiger partial charge in [0.2, 0.25) is 0 Å². The van der Waals surface area contributed by atoms with E-state index in [-0.39, 0.29) is 0 Å². The summed E-state index contributed by atoms with van der Waals surface area (Å²) in [4.78, 5) is 11.2. The minimum Gasteiger partial charge on any atom is -0.459 e. The van der Waals surface area contributed by atoms with Crippen LogP contribution in [0.5, 0.6) is 0 Å². The molecule has 0 aromatic heterocycles. The molecule has 2 unspecified atom stereocenters. The Morgan fingerprint density at radius 2 is 1.34 bits per heavy atom. The van der Waals surface area contributed by atoms with Crippen molar-refractivity contribution in [1.29, 1.82) is 0 Å². The Hall–Kier alpha value is -1.26. The van der Waals surface area contributed by atoms with Gasteiger partial charge in [-0.05, 0) is 6.92 Å². The van der Waals surface area contributed by atoms with Crippen molar-refractivity contribution >= 4 is 17.0 Å². The smallest absolute Gasteiger partial charge is 0.384 e. The lowest BCUT2D eigenvalue weighted by Crippen LogP contribution is -2.69. The van der Waals surface area contributed by atoms with E-state index in [1.165, 1.54) is 0 Å². The molecule has 0 aromatic carbocycles. The molecule has 0 spiro atoms. The van der Waals surface area contributed by atoms with E-state index >= 15 is 0 Å². The van der Waals surface area contributed by atoms with Crippen molar-refractivity contribution in [2.75, 3.05) is 13.7 Å². The highest BCUT2D eigenvalue weighted by molar-refractivity contribution is 7.80. The third kappa shape index (κ3) is 5.08. The van der Waals surface area contributed by atoms with E-state index in [1.54, 1.807) is 0 Å². The van der Waals surface area contributed by atoms with Crippen LogP contribution in [0.2, 0.25) is 0 Å². The molecule has 0 rings (SSSR count). The largest absolute Gasteiger partial charge is 0.459 e. The Kier molecular flexibility index (Phi) is 8.47. The van der Waals surface area contributed by atoms with Crippen molar-refractivity contribution in [3.63, 3.8) is 0 Å². The molecule has 29 heavy (non-hydrogen) atoms. The zero-order chi connectivity index (χ0) is 23.6. The zero-order valence-corrected chi connectivity index (χ0v) is 15.0. The van der Waals surface area contributed by atoms with Crippen LogP contribution in [-0.2, 0) is 24.8 Å². The monoisotopic (exact) mass is 480 g/mol. The van der Waals surface area contributed by atoms with E-state index in [4.69, 9.17) is 0 Å². The Bertz CT molecular complexity index is 610. The fraction of sp³-hybridized carbons (Fsp3) is 0.917. The average Bonchev–Trinajstić information content (AvgIpc) is 2.58. The maximum absolute atomic E-state index is 13.4. The van der Waals surface area contributed by atoms with Crippen LogP contribution in [-0.4, -0.2) is 65.2 Å². The Morgan fingerprint density at radius 3 is 1.72 bits per heavy atom. The lowest BCUT2D eigenvalue weighted by molar-refractivity contribution is -0.414. The second-order valence-corrected chi connectivity index (χ2v) is 7.11. The van der Waals surface area contributed by atoms with Crippen LogP contribution in [0.1, 0.15) is 13.3 Å². The summed E-state index contributed by atoms with van der Waals surface area (Å²) >= 11 is -2.18. The summed E-state index contributed by atoms with van der Waals surface area (Å²) in [7, 11) is 0.893. The van der Waals surface area contributed by atoms with Crippen LogP contribution in [0, 0.1) is 0 Å². The van der Waals surface area contributed by atoms with Crippen LogP contribution < -0.4 is 0 Å². The van der Waals surface area contributed by atoms with Crippen LogP contribution in [0.15, 0.2) is 0 Å². The van der Waals surface area contributed by atoms with Crippen LogP contribution in [0.3, 0.4) is 0 Å². The summed E-state index contributed by atoms with van der Waals surface area (Å²) in [6.45, 7) is -1.98. The summed E-state index contributed by atoms with van der Waals surface area (Å²) < 4.78 is 174. The first-order chi connectivity index (χ1) is 12.7. The SMILES string of the molecule is COS(=O)C(C)CC(=O)OCC(F)(F)C(F)(F)C(F)(F)C(F)(F)C(F)(F)C(F)F. The van der Waals surface area contributed by atoms with Crippen molar-refractivity contribution < 1.29 is 70.6 Å². The van der Waals surface area contributed by atoms with Gasteiger partial charge in [-0.3, -0.25) is 8.98 Å². The Labute approximate surface area is 157 Å². The first kappa shape index (κ1) is 27.7. The van der Waals surface area contributed by atoms with Gasteiger partial charge in [0.05, 0.1) is 18.8 Å². The third-order valence-corrected chi connectivity index (χ3v) is 4.45. The van der Waals surface area contributed by atoms with Gasteiger partial charge in [0.15, 0.2) is 17.7 Å². The molecule has 0 bridgehead atoms. The summed E-state index contributed by atoms with van der Waals surface area (Å²) in [5, 5.41) is -1.27. The zero-order valence-electron chi connectivity index (χ0n) is 14.1. The van der Waals surface area contributed by atoms with Crippen molar-refractivity contribution in [3.05, 3.63) is 0 Å². The summed E-state index contributed by atoms with van der Waals surface area (Å²) in [5.41, 5.74) is 0. The fourth-order valence-corrected chi connectivity index (χ4v) is 2.16. The summed E-state index contributed by atoms with van der Waals surface area (Å²) in [6, 6.07) is 0. The van der Waals surface area contributed by atoms with Gasteiger partial charge in [-0.2, -0.15) is 43.9 Å². The molecule has 0 radical (unpaired) electrons. The standard InChI is InChI=1S/C12H12F12O4S/c1-5(29(26)27-2)3-6(25)28-4-8(15,16)10(19,20)12(23,24)11(21,22)9(17,18)7(13)14/h5,7H,3-4H2,1-2H3. The lowest BCUT2D eigenvalue weighted by atomic mass is 9.94. The molecular formula is C12H12F12O4S. The molecule has 0 amide bonds. The third-order valence-electron chi connectivity index (χ3n) is 3.30. The number of alkyl halides is 12. The average molecular weight is 480 g/mol. The Morgan fingerprint density at radius 1 is 0.897 bits per heavy atom. The molecule has 174 valence electrons. The van der Waals surface area contributed by atoms with E-state index in [1.807, 2.05) is 0 Å².